The molecule has 0 radical (unpaired) electrons. The maximum atomic E-state index is 8.47. The smallest absolute Gasteiger partial charge is 0.0563 e. The zero-order valence-electron chi connectivity index (χ0n) is 6.89. The van der Waals surface area contributed by atoms with Gasteiger partial charge >= 0.3 is 0 Å². The summed E-state index contributed by atoms with van der Waals surface area (Å²) >= 11 is 3.29. The van der Waals surface area contributed by atoms with Gasteiger partial charge in [-0.15, -0.1) is 0 Å². The van der Waals surface area contributed by atoms with Crippen molar-refractivity contribution in [1.29, 1.82) is 0 Å². The molecule has 0 aromatic carbocycles. The second kappa shape index (κ2) is 10.4. The number of rotatable bonds is 8. The van der Waals surface area contributed by atoms with E-state index in [9.17, 15) is 0 Å². The molecule has 2 nitrogen and oxygen atoms in total. The van der Waals surface area contributed by atoms with Crippen LogP contribution in [0.2, 0.25) is 0 Å². The molecule has 3 heteroatoms. The third kappa shape index (κ3) is 10.4. The van der Waals surface area contributed by atoms with Crippen LogP contribution in [-0.2, 0) is 4.74 Å². The molecule has 0 saturated carbocycles. The molecule has 0 heterocycles. The normalized spacial score (nSPS) is 10.4. The molecule has 0 atom stereocenters. The van der Waals surface area contributed by atoms with Crippen LogP contribution in [0.15, 0.2) is 0 Å². The van der Waals surface area contributed by atoms with Gasteiger partial charge < -0.3 is 9.84 Å². The highest BCUT2D eigenvalue weighted by Gasteiger charge is 1.89. The average Bonchev–Trinajstić information content (AvgIpc) is 2.03. The molecule has 0 fully saturated rings. The summed E-state index contributed by atoms with van der Waals surface area (Å²) in [6.45, 7) is 1.99. The lowest BCUT2D eigenvalue weighted by molar-refractivity contribution is 0.145. The molecule has 0 aromatic rings. The van der Waals surface area contributed by atoms with Gasteiger partial charge in [-0.25, -0.2) is 0 Å². The van der Waals surface area contributed by atoms with Crippen molar-refractivity contribution in [3.8, 4) is 0 Å². The number of aliphatic hydroxyl groups excluding tert-OH is 1. The zero-order valence-corrected chi connectivity index (χ0v) is 8.48. The molecule has 0 amide bonds. The predicted octanol–water partition coefficient (Wildman–Crippen LogP) is 1.95. The zero-order chi connectivity index (χ0) is 8.36. The first-order valence-corrected chi connectivity index (χ1v) is 5.28. The lowest BCUT2D eigenvalue weighted by Crippen LogP contribution is -1.97. The van der Waals surface area contributed by atoms with Crippen LogP contribution < -0.4 is 0 Å². The molecule has 0 bridgehead atoms. The molecule has 0 unspecified atom stereocenters. The van der Waals surface area contributed by atoms with Gasteiger partial charge in [-0.3, -0.25) is 0 Å². The summed E-state index contributed by atoms with van der Waals surface area (Å²) in [5.41, 5.74) is 0. The third-order valence-corrected chi connectivity index (χ3v) is 1.74. The maximum Gasteiger partial charge on any atom is 0.0563 e. The number of alkyl halides is 1. The van der Waals surface area contributed by atoms with Crippen LogP contribution in [0.25, 0.3) is 0 Å². The highest BCUT2D eigenvalue weighted by atomic mass is 79.9. The summed E-state index contributed by atoms with van der Waals surface area (Å²) in [5.74, 6) is 0. The highest BCUT2D eigenvalue weighted by Crippen LogP contribution is 1.99. The van der Waals surface area contributed by atoms with Crippen molar-refractivity contribution in [1.82, 2.24) is 0 Å². The quantitative estimate of drug-likeness (QED) is 0.505. The summed E-state index contributed by atoms with van der Waals surface area (Å²) < 4.78 is 5.25. The Morgan fingerprint density at radius 2 is 1.73 bits per heavy atom. The van der Waals surface area contributed by atoms with Crippen molar-refractivity contribution in [3.05, 3.63) is 0 Å². The van der Waals surface area contributed by atoms with E-state index in [0.717, 1.165) is 37.8 Å². The van der Waals surface area contributed by atoms with Crippen LogP contribution in [0.1, 0.15) is 25.7 Å². The maximum absolute atomic E-state index is 8.47. The van der Waals surface area contributed by atoms with E-state index in [0.29, 0.717) is 6.61 Å². The van der Waals surface area contributed by atoms with E-state index in [1.165, 1.54) is 6.42 Å². The van der Waals surface area contributed by atoms with Crippen molar-refractivity contribution in [2.24, 2.45) is 0 Å². The Hall–Kier alpha value is 0.400. The minimum atomic E-state index is 0.322. The van der Waals surface area contributed by atoms with Gasteiger partial charge in [0.15, 0.2) is 0 Å². The third-order valence-electron chi connectivity index (χ3n) is 1.42. The van der Waals surface area contributed by atoms with Gasteiger partial charge in [0.25, 0.3) is 0 Å². The van der Waals surface area contributed by atoms with Crippen molar-refractivity contribution >= 4 is 15.9 Å². The molecule has 0 aromatic heterocycles. The fourth-order valence-electron chi connectivity index (χ4n) is 0.826. The minimum Gasteiger partial charge on any atom is -0.396 e. The molecule has 0 spiro atoms. The molecule has 11 heavy (non-hydrogen) atoms. The summed E-state index contributed by atoms with van der Waals surface area (Å²) in [5, 5.41) is 9.39. The van der Waals surface area contributed by atoms with Gasteiger partial charge in [-0.2, -0.15) is 0 Å². The van der Waals surface area contributed by atoms with Gasteiger partial charge in [0, 0.05) is 18.5 Å². The predicted molar refractivity (Wildman–Crippen MR) is 50.2 cm³/mol. The van der Waals surface area contributed by atoms with Crippen LogP contribution >= 0.6 is 15.9 Å². The van der Waals surface area contributed by atoms with Crippen LogP contribution in [0.5, 0.6) is 0 Å². The molecule has 0 rings (SSSR count). The Morgan fingerprint density at radius 1 is 1.00 bits per heavy atom. The molecular weight excluding hydrogens is 208 g/mol. The fourth-order valence-corrected chi connectivity index (χ4v) is 1.06. The molecule has 1 N–H and O–H groups in total. The second-order valence-electron chi connectivity index (χ2n) is 2.44. The first kappa shape index (κ1) is 11.4. The molecule has 0 saturated heterocycles. The van der Waals surface area contributed by atoms with E-state index >= 15 is 0 Å². The second-order valence-corrected chi connectivity index (χ2v) is 3.23. The summed E-state index contributed by atoms with van der Waals surface area (Å²) in [6.07, 6.45) is 4.34. The van der Waals surface area contributed by atoms with Crippen LogP contribution in [0, 0.1) is 0 Å². The Labute approximate surface area is 77.1 Å². The summed E-state index contributed by atoms with van der Waals surface area (Å²) in [7, 11) is 0. The average molecular weight is 225 g/mol. The summed E-state index contributed by atoms with van der Waals surface area (Å²) in [6, 6.07) is 0. The first-order chi connectivity index (χ1) is 5.41. The van der Waals surface area contributed by atoms with Crippen LogP contribution in [-0.4, -0.2) is 30.3 Å². The number of hydrogen-bond acceptors (Lipinski definition) is 2. The van der Waals surface area contributed by atoms with E-state index in [4.69, 9.17) is 9.84 Å². The van der Waals surface area contributed by atoms with E-state index in [1.807, 2.05) is 0 Å². The Morgan fingerprint density at radius 3 is 2.36 bits per heavy atom. The van der Waals surface area contributed by atoms with Crippen LogP contribution in [0.4, 0.5) is 0 Å². The van der Waals surface area contributed by atoms with Crippen LogP contribution in [0.3, 0.4) is 0 Å². The van der Waals surface area contributed by atoms with Gasteiger partial charge in [0.1, 0.15) is 0 Å². The highest BCUT2D eigenvalue weighted by molar-refractivity contribution is 9.09. The molecular formula is C8H17BrO2. The minimum absolute atomic E-state index is 0.322. The van der Waals surface area contributed by atoms with Gasteiger partial charge in [0.05, 0.1) is 6.61 Å². The van der Waals surface area contributed by atoms with Gasteiger partial charge in [0.2, 0.25) is 0 Å². The summed E-state index contributed by atoms with van der Waals surface area (Å²) in [4.78, 5) is 0. The number of ether oxygens (including phenoxy) is 1. The van der Waals surface area contributed by atoms with E-state index in [1.54, 1.807) is 0 Å². The largest absolute Gasteiger partial charge is 0.396 e. The lowest BCUT2D eigenvalue weighted by atomic mass is 10.2. The van der Waals surface area contributed by atoms with Crippen molar-refractivity contribution in [2.75, 3.05) is 25.2 Å². The standard InChI is InChI=1S/C8H17BrO2/c9-5-8-11-7-4-2-1-3-6-10/h10H,1-8H2. The molecule has 0 aliphatic rings. The number of hydrogen-bond donors (Lipinski definition) is 1. The van der Waals surface area contributed by atoms with E-state index < -0.39 is 0 Å². The number of unbranched alkanes of at least 4 members (excludes halogenated alkanes) is 3. The van der Waals surface area contributed by atoms with E-state index in [-0.39, 0.29) is 0 Å². The number of halogens is 1. The van der Waals surface area contributed by atoms with Crippen molar-refractivity contribution in [2.45, 2.75) is 25.7 Å². The molecule has 0 aliphatic heterocycles. The fraction of sp³-hybridized carbons (Fsp3) is 1.00. The number of aliphatic hydroxyl groups is 1. The SMILES string of the molecule is OCCCCCCOCCBr. The Balaban J connectivity index is 2.69. The molecule has 68 valence electrons. The lowest BCUT2D eigenvalue weighted by Gasteiger charge is -2.00. The van der Waals surface area contributed by atoms with Crippen molar-refractivity contribution in [3.63, 3.8) is 0 Å². The Bertz CT molecular complexity index is 61.1. The Kier molecular flexibility index (Phi) is 10.8. The monoisotopic (exact) mass is 224 g/mol. The van der Waals surface area contributed by atoms with Gasteiger partial charge in [-0.1, -0.05) is 28.8 Å². The van der Waals surface area contributed by atoms with Gasteiger partial charge in [-0.05, 0) is 12.8 Å². The van der Waals surface area contributed by atoms with Crippen molar-refractivity contribution < 1.29 is 9.84 Å². The molecule has 0 aliphatic carbocycles. The van der Waals surface area contributed by atoms with E-state index in [2.05, 4.69) is 15.9 Å². The topological polar surface area (TPSA) is 29.5 Å². The first-order valence-electron chi connectivity index (χ1n) is 4.16.